The maximum atomic E-state index is 14.4. The summed E-state index contributed by atoms with van der Waals surface area (Å²) in [6.07, 6.45) is 1.31. The van der Waals surface area contributed by atoms with E-state index in [2.05, 4.69) is 15.6 Å². The van der Waals surface area contributed by atoms with Gasteiger partial charge in [-0.15, -0.1) is 0 Å². The van der Waals surface area contributed by atoms with Crippen molar-refractivity contribution in [2.45, 2.75) is 23.8 Å². The molecule has 54 heavy (non-hydrogen) atoms. The number of amides is 2. The third-order valence-electron chi connectivity index (χ3n) is 9.06. The number of ether oxygens (including phenoxy) is 1. The quantitative estimate of drug-likeness (QED) is 0.155. The van der Waals surface area contributed by atoms with Crippen LogP contribution in [-0.2, 0) is 37.2 Å². The molecule has 1 atom stereocenters. The van der Waals surface area contributed by atoms with Gasteiger partial charge >= 0.3 is 0 Å². The SMILES string of the molecule is O=C(Cc1c[nH]c2ccc(O)cc12)NCC(=O)NC(Cc1cc(F)cc(F)c1)c1nc2ccccc2c(=O)n1-c1ccc(S(=O)(=O)N2CCOCC2)cc1. The molecule has 4 N–H and O–H groups in total. The molecule has 1 unspecified atom stereocenters. The van der Waals surface area contributed by atoms with Gasteiger partial charge in [0.2, 0.25) is 21.8 Å². The molecular formula is C38H34F2N6O7S. The number of aromatic hydroxyl groups is 1. The smallest absolute Gasteiger partial charge is 0.266 e. The minimum Gasteiger partial charge on any atom is -0.508 e. The summed E-state index contributed by atoms with van der Waals surface area (Å²) in [5.74, 6) is -2.87. The fraction of sp³-hybridized carbons (Fsp3) is 0.211. The minimum absolute atomic E-state index is 0.00299. The van der Waals surface area contributed by atoms with E-state index in [1.807, 2.05) is 0 Å². The first kappa shape index (κ1) is 36.4. The lowest BCUT2D eigenvalue weighted by Gasteiger charge is -2.26. The lowest BCUT2D eigenvalue weighted by molar-refractivity contribution is -0.126. The highest BCUT2D eigenvalue weighted by atomic mass is 32.2. The van der Waals surface area contributed by atoms with E-state index in [-0.39, 0.29) is 77.8 Å². The molecule has 1 saturated heterocycles. The maximum Gasteiger partial charge on any atom is 0.266 e. The number of nitrogens with zero attached hydrogens (tertiary/aromatic N) is 3. The van der Waals surface area contributed by atoms with Crippen molar-refractivity contribution < 1.29 is 36.6 Å². The number of H-pyrrole nitrogens is 1. The molecule has 1 fully saturated rings. The molecule has 6 aromatic rings. The van der Waals surface area contributed by atoms with Crippen LogP contribution in [0.3, 0.4) is 0 Å². The number of fused-ring (bicyclic) bond motifs is 2. The van der Waals surface area contributed by atoms with Gasteiger partial charge in [-0.1, -0.05) is 12.1 Å². The third-order valence-corrected chi connectivity index (χ3v) is 11.0. The van der Waals surface area contributed by atoms with E-state index < -0.39 is 51.6 Å². The number of rotatable bonds is 11. The molecule has 3 heterocycles. The number of morpholine rings is 1. The minimum atomic E-state index is -3.87. The van der Waals surface area contributed by atoms with E-state index >= 15 is 0 Å². The van der Waals surface area contributed by atoms with Gasteiger partial charge in [0, 0.05) is 42.7 Å². The van der Waals surface area contributed by atoms with Crippen LogP contribution in [0.2, 0.25) is 0 Å². The molecule has 13 nitrogen and oxygen atoms in total. The normalized spacial score (nSPS) is 14.3. The van der Waals surface area contributed by atoms with Gasteiger partial charge in [-0.25, -0.2) is 22.2 Å². The van der Waals surface area contributed by atoms with Crippen molar-refractivity contribution in [1.82, 2.24) is 29.5 Å². The zero-order valence-corrected chi connectivity index (χ0v) is 29.4. The Morgan fingerprint density at radius 3 is 2.39 bits per heavy atom. The molecule has 16 heteroatoms. The number of aromatic amines is 1. The van der Waals surface area contributed by atoms with E-state index in [1.54, 1.807) is 36.5 Å². The summed E-state index contributed by atoms with van der Waals surface area (Å²) in [7, 11) is -3.87. The van der Waals surface area contributed by atoms with Crippen molar-refractivity contribution in [1.29, 1.82) is 0 Å². The monoisotopic (exact) mass is 756 g/mol. The molecule has 7 rings (SSSR count). The molecule has 2 aromatic heterocycles. The number of carbonyl (C=O) groups is 2. The van der Waals surface area contributed by atoms with Crippen molar-refractivity contribution >= 4 is 43.6 Å². The number of para-hydroxylation sites is 1. The fourth-order valence-electron chi connectivity index (χ4n) is 6.48. The average Bonchev–Trinajstić information content (AvgIpc) is 3.54. The average molecular weight is 757 g/mol. The van der Waals surface area contributed by atoms with Crippen molar-refractivity contribution in [3.05, 3.63) is 130 Å². The van der Waals surface area contributed by atoms with E-state index in [0.29, 0.717) is 22.5 Å². The molecule has 0 saturated carbocycles. The van der Waals surface area contributed by atoms with Crippen LogP contribution in [0, 0.1) is 11.6 Å². The van der Waals surface area contributed by atoms with Gasteiger partial charge in [-0.3, -0.25) is 19.0 Å². The number of hydrogen-bond donors (Lipinski definition) is 4. The third kappa shape index (κ3) is 7.71. The summed E-state index contributed by atoms with van der Waals surface area (Å²) in [6.45, 7) is 0.420. The Labute approximate surface area is 307 Å². The number of hydrogen-bond acceptors (Lipinski definition) is 8. The van der Waals surface area contributed by atoms with Gasteiger partial charge < -0.3 is 25.5 Å². The highest BCUT2D eigenvalue weighted by molar-refractivity contribution is 7.89. The van der Waals surface area contributed by atoms with Crippen molar-refractivity contribution in [2.75, 3.05) is 32.8 Å². The summed E-state index contributed by atoms with van der Waals surface area (Å²) in [5, 5.41) is 16.1. The second kappa shape index (κ2) is 15.2. The Balaban J connectivity index is 1.22. The van der Waals surface area contributed by atoms with Crippen LogP contribution in [0.5, 0.6) is 5.75 Å². The second-order valence-electron chi connectivity index (χ2n) is 12.7. The number of carbonyl (C=O) groups excluding carboxylic acids is 2. The van der Waals surface area contributed by atoms with Crippen LogP contribution in [0.15, 0.2) is 101 Å². The van der Waals surface area contributed by atoms with Crippen LogP contribution in [-0.4, -0.2) is 77.0 Å². The van der Waals surface area contributed by atoms with Crippen molar-refractivity contribution in [2.24, 2.45) is 0 Å². The number of aromatic nitrogens is 3. The fourth-order valence-corrected chi connectivity index (χ4v) is 7.89. The number of nitrogens with one attached hydrogen (secondary N) is 3. The van der Waals surface area contributed by atoms with Crippen LogP contribution in [0.25, 0.3) is 27.5 Å². The topological polar surface area (TPSA) is 176 Å². The molecule has 1 aliphatic heterocycles. The summed E-state index contributed by atoms with van der Waals surface area (Å²) in [4.78, 5) is 48.4. The molecule has 0 bridgehead atoms. The van der Waals surface area contributed by atoms with Crippen LogP contribution in [0.4, 0.5) is 8.78 Å². The van der Waals surface area contributed by atoms with Crippen LogP contribution in [0.1, 0.15) is 23.0 Å². The molecule has 0 radical (unpaired) electrons. The molecule has 1 aliphatic rings. The Bertz CT molecular complexity index is 2530. The highest BCUT2D eigenvalue weighted by Gasteiger charge is 2.28. The second-order valence-corrected chi connectivity index (χ2v) is 14.7. The molecular weight excluding hydrogens is 723 g/mol. The van der Waals surface area contributed by atoms with E-state index in [9.17, 15) is 36.7 Å². The predicted octanol–water partition coefficient (Wildman–Crippen LogP) is 3.63. The Morgan fingerprint density at radius 2 is 1.65 bits per heavy atom. The van der Waals surface area contributed by atoms with E-state index in [1.165, 1.54) is 45.3 Å². The summed E-state index contributed by atoms with van der Waals surface area (Å²) < 4.78 is 63.3. The number of halogens is 2. The summed E-state index contributed by atoms with van der Waals surface area (Å²) in [6, 6.07) is 18.6. The molecule has 0 spiro atoms. The first-order chi connectivity index (χ1) is 26.0. The Hall–Kier alpha value is -5.97. The van der Waals surface area contributed by atoms with Gasteiger partial charge in [0.15, 0.2) is 0 Å². The number of phenols is 1. The van der Waals surface area contributed by atoms with Crippen molar-refractivity contribution in [3.8, 4) is 11.4 Å². The lowest BCUT2D eigenvalue weighted by Crippen LogP contribution is -2.41. The number of sulfonamides is 1. The Morgan fingerprint density at radius 1 is 0.926 bits per heavy atom. The van der Waals surface area contributed by atoms with Gasteiger partial charge in [0.05, 0.1) is 53.7 Å². The molecule has 4 aromatic carbocycles. The zero-order chi connectivity index (χ0) is 38.0. The van der Waals surface area contributed by atoms with Gasteiger partial charge in [0.1, 0.15) is 23.2 Å². The number of benzene rings is 4. The lowest BCUT2D eigenvalue weighted by atomic mass is 10.0. The van der Waals surface area contributed by atoms with Crippen LogP contribution >= 0.6 is 0 Å². The molecule has 0 aliphatic carbocycles. The Kier molecular flexibility index (Phi) is 10.2. The van der Waals surface area contributed by atoms with Crippen LogP contribution < -0.4 is 16.2 Å². The predicted molar refractivity (Wildman–Crippen MR) is 195 cm³/mol. The van der Waals surface area contributed by atoms with E-state index in [0.717, 1.165) is 12.1 Å². The standard InChI is InChI=1S/C38H34F2N6O7S/c39-25-15-23(16-26(40)19-25)17-34(43-36(49)22-42-35(48)18-24-21-41-32-10-7-28(47)20-31(24)32)37-44-33-4-2-1-3-30(33)38(50)46(37)27-5-8-29(9-6-27)54(51,52)45-11-13-53-14-12-45/h1-10,15-16,19-21,34,41,47H,11-14,17-18,22H2,(H,42,48)(H,43,49). The largest absolute Gasteiger partial charge is 0.508 e. The summed E-state index contributed by atoms with van der Waals surface area (Å²) >= 11 is 0. The van der Waals surface area contributed by atoms with Crippen molar-refractivity contribution in [3.63, 3.8) is 0 Å². The zero-order valence-electron chi connectivity index (χ0n) is 28.6. The summed E-state index contributed by atoms with van der Waals surface area (Å²) in [5.41, 5.74) is 1.41. The maximum absolute atomic E-state index is 14.4. The first-order valence-corrected chi connectivity index (χ1v) is 18.4. The van der Waals surface area contributed by atoms with Gasteiger partial charge in [-0.2, -0.15) is 4.31 Å². The first-order valence-electron chi connectivity index (χ1n) is 17.0. The molecule has 2 amide bonds. The van der Waals surface area contributed by atoms with E-state index in [4.69, 9.17) is 9.72 Å². The van der Waals surface area contributed by atoms with Gasteiger partial charge in [0.25, 0.3) is 5.56 Å². The highest BCUT2D eigenvalue weighted by Crippen LogP contribution is 2.26. The van der Waals surface area contributed by atoms with Gasteiger partial charge in [-0.05, 0) is 77.9 Å². The number of phenolic OH excluding ortho intramolecular Hbond substituents is 1. The molecule has 278 valence electrons.